The molecule has 1 saturated carbocycles. The van der Waals surface area contributed by atoms with Crippen LogP contribution in [-0.4, -0.2) is 41.1 Å². The summed E-state index contributed by atoms with van der Waals surface area (Å²) in [6, 6.07) is 3.65. The number of nitrogens with zero attached hydrogens (tertiary/aromatic N) is 2. The summed E-state index contributed by atoms with van der Waals surface area (Å²) in [6.45, 7) is 3.00. The number of nitrogens with one attached hydrogen (secondary N) is 3. The van der Waals surface area contributed by atoms with Gasteiger partial charge in [-0.3, -0.25) is 9.59 Å². The summed E-state index contributed by atoms with van der Waals surface area (Å²) in [4.78, 5) is 23.2. The Morgan fingerprint density at radius 1 is 1.30 bits per heavy atom. The van der Waals surface area contributed by atoms with Gasteiger partial charge in [-0.1, -0.05) is 0 Å². The first-order chi connectivity index (χ1) is 9.69. The summed E-state index contributed by atoms with van der Waals surface area (Å²) < 4.78 is 0. The molecule has 0 radical (unpaired) electrons. The van der Waals surface area contributed by atoms with Crippen molar-refractivity contribution in [2.75, 3.05) is 18.4 Å². The zero-order valence-corrected chi connectivity index (χ0v) is 11.5. The number of rotatable bonds is 7. The van der Waals surface area contributed by atoms with Crippen molar-refractivity contribution in [1.82, 2.24) is 20.8 Å². The molecule has 1 aromatic rings. The molecule has 0 saturated heterocycles. The van der Waals surface area contributed by atoms with Crippen LogP contribution in [0, 0.1) is 0 Å². The fraction of sp³-hybridized carbons (Fsp3) is 0.538. The first kappa shape index (κ1) is 14.2. The van der Waals surface area contributed by atoms with Crippen LogP contribution in [0.1, 0.15) is 36.7 Å². The van der Waals surface area contributed by atoms with Crippen molar-refractivity contribution in [2.24, 2.45) is 0 Å². The van der Waals surface area contributed by atoms with Gasteiger partial charge >= 0.3 is 0 Å². The van der Waals surface area contributed by atoms with Gasteiger partial charge in [0.1, 0.15) is 5.82 Å². The van der Waals surface area contributed by atoms with Gasteiger partial charge in [-0.15, -0.1) is 10.2 Å². The van der Waals surface area contributed by atoms with E-state index in [1.165, 1.54) is 0 Å². The maximum Gasteiger partial charge on any atom is 0.271 e. The zero-order valence-electron chi connectivity index (χ0n) is 11.5. The highest BCUT2D eigenvalue weighted by Gasteiger charge is 2.22. The van der Waals surface area contributed by atoms with Gasteiger partial charge in [-0.05, 0) is 31.9 Å². The average Bonchev–Trinajstić information content (AvgIpc) is 3.23. The predicted octanol–water partition coefficient (Wildman–Crippen LogP) is 0.307. The van der Waals surface area contributed by atoms with Crippen LogP contribution in [0.4, 0.5) is 5.82 Å². The van der Waals surface area contributed by atoms with E-state index in [2.05, 4.69) is 26.1 Å². The molecular formula is C13H19N5O2. The normalized spacial score (nSPS) is 13.7. The van der Waals surface area contributed by atoms with Crippen LogP contribution in [0.25, 0.3) is 0 Å². The van der Waals surface area contributed by atoms with Gasteiger partial charge in [0.2, 0.25) is 5.91 Å². The highest BCUT2D eigenvalue weighted by Crippen LogP contribution is 2.18. The summed E-state index contributed by atoms with van der Waals surface area (Å²) in [7, 11) is 0. The van der Waals surface area contributed by atoms with Gasteiger partial charge in [0.05, 0.1) is 0 Å². The molecule has 2 amide bonds. The number of hydrogen-bond acceptors (Lipinski definition) is 5. The third kappa shape index (κ3) is 4.49. The van der Waals surface area contributed by atoms with Gasteiger partial charge in [0.25, 0.3) is 5.91 Å². The molecular weight excluding hydrogens is 258 g/mol. The molecule has 108 valence electrons. The molecule has 1 aliphatic carbocycles. The van der Waals surface area contributed by atoms with Gasteiger partial charge < -0.3 is 16.0 Å². The van der Waals surface area contributed by atoms with Crippen molar-refractivity contribution in [2.45, 2.75) is 32.2 Å². The fourth-order valence-electron chi connectivity index (χ4n) is 1.64. The molecule has 0 bridgehead atoms. The molecule has 0 aliphatic heterocycles. The van der Waals surface area contributed by atoms with Crippen molar-refractivity contribution in [3.8, 4) is 0 Å². The summed E-state index contributed by atoms with van der Waals surface area (Å²) in [5.41, 5.74) is 0.245. The standard InChI is InChI=1S/C13H19N5O2/c1-2-14-11-6-5-10(17-18-11)13(20)15-8-7-12(19)16-9-3-4-9/h5-6,9H,2-4,7-8H2,1H3,(H,14,18)(H,15,20)(H,16,19). The molecule has 1 aromatic heterocycles. The number of carbonyl (C=O) groups is 2. The van der Waals surface area contributed by atoms with Crippen LogP contribution in [-0.2, 0) is 4.79 Å². The number of amides is 2. The van der Waals surface area contributed by atoms with Gasteiger partial charge in [-0.2, -0.15) is 0 Å². The molecule has 0 unspecified atom stereocenters. The van der Waals surface area contributed by atoms with Crippen molar-refractivity contribution >= 4 is 17.6 Å². The van der Waals surface area contributed by atoms with Crippen molar-refractivity contribution < 1.29 is 9.59 Å². The van der Waals surface area contributed by atoms with Crippen molar-refractivity contribution in [3.63, 3.8) is 0 Å². The Bertz CT molecular complexity index is 470. The quantitative estimate of drug-likeness (QED) is 0.666. The average molecular weight is 277 g/mol. The van der Waals surface area contributed by atoms with E-state index < -0.39 is 0 Å². The summed E-state index contributed by atoms with van der Waals surface area (Å²) in [5.74, 6) is 0.286. The Kier molecular flexibility index (Phi) is 4.86. The fourth-order valence-corrected chi connectivity index (χ4v) is 1.64. The molecule has 0 aromatic carbocycles. The summed E-state index contributed by atoms with van der Waals surface area (Å²) >= 11 is 0. The van der Waals surface area contributed by atoms with E-state index in [0.29, 0.717) is 18.4 Å². The maximum atomic E-state index is 11.8. The van der Waals surface area contributed by atoms with Crippen LogP contribution in [0.15, 0.2) is 12.1 Å². The monoisotopic (exact) mass is 277 g/mol. The number of carbonyl (C=O) groups excluding carboxylic acids is 2. The second-order valence-electron chi connectivity index (χ2n) is 4.68. The zero-order chi connectivity index (χ0) is 14.4. The Hall–Kier alpha value is -2.18. The van der Waals surface area contributed by atoms with Crippen LogP contribution in [0.3, 0.4) is 0 Å². The third-order valence-electron chi connectivity index (χ3n) is 2.84. The Labute approximate surface area is 117 Å². The lowest BCUT2D eigenvalue weighted by atomic mass is 10.3. The lowest BCUT2D eigenvalue weighted by molar-refractivity contribution is -0.121. The van der Waals surface area contributed by atoms with E-state index in [1.807, 2.05) is 6.92 Å². The summed E-state index contributed by atoms with van der Waals surface area (Å²) in [6.07, 6.45) is 2.41. The largest absolute Gasteiger partial charge is 0.369 e. The van der Waals surface area contributed by atoms with Crippen LogP contribution < -0.4 is 16.0 Å². The molecule has 1 aliphatic rings. The molecule has 7 nitrogen and oxygen atoms in total. The van der Waals surface area contributed by atoms with Crippen LogP contribution in [0.2, 0.25) is 0 Å². The smallest absolute Gasteiger partial charge is 0.271 e. The van der Waals surface area contributed by atoms with Crippen LogP contribution in [0.5, 0.6) is 0 Å². The minimum atomic E-state index is -0.320. The second kappa shape index (κ2) is 6.83. The molecule has 7 heteroatoms. The minimum Gasteiger partial charge on any atom is -0.369 e. The molecule has 1 heterocycles. The van der Waals surface area contributed by atoms with E-state index >= 15 is 0 Å². The van der Waals surface area contributed by atoms with Crippen molar-refractivity contribution in [3.05, 3.63) is 17.8 Å². The lowest BCUT2D eigenvalue weighted by Gasteiger charge is -2.06. The number of aromatic nitrogens is 2. The van der Waals surface area contributed by atoms with Gasteiger partial charge in [0, 0.05) is 25.6 Å². The molecule has 3 N–H and O–H groups in total. The van der Waals surface area contributed by atoms with Gasteiger partial charge in [0.15, 0.2) is 5.69 Å². The molecule has 0 atom stereocenters. The second-order valence-corrected chi connectivity index (χ2v) is 4.68. The highest BCUT2D eigenvalue weighted by atomic mass is 16.2. The number of hydrogen-bond donors (Lipinski definition) is 3. The molecule has 0 spiro atoms. The predicted molar refractivity (Wildman–Crippen MR) is 74.3 cm³/mol. The van der Waals surface area contributed by atoms with E-state index in [4.69, 9.17) is 0 Å². The van der Waals surface area contributed by atoms with E-state index in [0.717, 1.165) is 19.4 Å². The Morgan fingerprint density at radius 2 is 2.10 bits per heavy atom. The molecule has 2 rings (SSSR count). The van der Waals surface area contributed by atoms with E-state index in [-0.39, 0.29) is 23.9 Å². The molecule has 20 heavy (non-hydrogen) atoms. The van der Waals surface area contributed by atoms with Crippen molar-refractivity contribution in [1.29, 1.82) is 0 Å². The minimum absolute atomic E-state index is 0.0265. The topological polar surface area (TPSA) is 96.0 Å². The number of anilines is 1. The Morgan fingerprint density at radius 3 is 2.70 bits per heavy atom. The first-order valence-corrected chi connectivity index (χ1v) is 6.84. The third-order valence-corrected chi connectivity index (χ3v) is 2.84. The first-order valence-electron chi connectivity index (χ1n) is 6.84. The van der Waals surface area contributed by atoms with Gasteiger partial charge in [-0.25, -0.2) is 0 Å². The SMILES string of the molecule is CCNc1ccc(C(=O)NCCC(=O)NC2CC2)nn1. The highest BCUT2D eigenvalue weighted by molar-refractivity contribution is 5.92. The summed E-state index contributed by atoms with van der Waals surface area (Å²) in [5, 5.41) is 16.2. The molecule has 1 fully saturated rings. The maximum absolute atomic E-state index is 11.8. The van der Waals surface area contributed by atoms with E-state index in [1.54, 1.807) is 12.1 Å². The lowest BCUT2D eigenvalue weighted by Crippen LogP contribution is -2.32. The van der Waals surface area contributed by atoms with E-state index in [9.17, 15) is 9.59 Å². The Balaban J connectivity index is 1.71. The van der Waals surface area contributed by atoms with Crippen LogP contribution >= 0.6 is 0 Å².